The maximum atomic E-state index is 11.6. The molecule has 122 valence electrons. The van der Waals surface area contributed by atoms with Crippen molar-refractivity contribution in [2.24, 2.45) is 11.8 Å². The number of ether oxygens (including phenoxy) is 1. The molecular weight excluding hydrogens is 290 g/mol. The van der Waals surface area contributed by atoms with Crippen LogP contribution >= 0.6 is 0 Å². The third-order valence-electron chi connectivity index (χ3n) is 4.82. The van der Waals surface area contributed by atoms with E-state index in [1.165, 1.54) is 0 Å². The molecule has 1 aliphatic heterocycles. The molecule has 0 unspecified atom stereocenters. The van der Waals surface area contributed by atoms with Crippen molar-refractivity contribution in [3.05, 3.63) is 47.6 Å². The van der Waals surface area contributed by atoms with Gasteiger partial charge in [-0.2, -0.15) is 0 Å². The van der Waals surface area contributed by atoms with E-state index in [0.717, 1.165) is 37.2 Å². The van der Waals surface area contributed by atoms with E-state index in [-0.39, 0.29) is 0 Å². The van der Waals surface area contributed by atoms with Crippen LogP contribution in [0.15, 0.2) is 42.0 Å². The molecule has 4 heteroatoms. The third kappa shape index (κ3) is 3.82. The molecule has 1 aromatic carbocycles. The van der Waals surface area contributed by atoms with Crippen LogP contribution in [0.1, 0.15) is 18.4 Å². The largest absolute Gasteiger partial charge is 0.497 e. The molecule has 0 aromatic heterocycles. The number of aliphatic carboxylic acids is 1. The van der Waals surface area contributed by atoms with Crippen LogP contribution in [0.4, 0.5) is 0 Å². The van der Waals surface area contributed by atoms with Gasteiger partial charge in [-0.15, -0.1) is 0 Å². The fourth-order valence-electron chi connectivity index (χ4n) is 3.56. The summed E-state index contributed by atoms with van der Waals surface area (Å²) in [6, 6.07) is 7.47. The lowest BCUT2D eigenvalue weighted by Crippen LogP contribution is -2.26. The number of allylic oxidation sites excluding steroid dienone is 2. The van der Waals surface area contributed by atoms with Gasteiger partial charge in [0.2, 0.25) is 0 Å². The van der Waals surface area contributed by atoms with Crippen LogP contribution in [0.2, 0.25) is 0 Å². The van der Waals surface area contributed by atoms with Crippen molar-refractivity contribution in [1.29, 1.82) is 0 Å². The Morgan fingerprint density at radius 2 is 1.83 bits per heavy atom. The first-order valence-electron chi connectivity index (χ1n) is 8.11. The van der Waals surface area contributed by atoms with Crippen LogP contribution in [-0.2, 0) is 4.79 Å². The standard InChI is InChI=1S/C19H23NO3/c1-23-18-8-6-14(7-9-18)10-17(19(21)22)13-20-11-15-4-2-3-5-16(15)12-20/h2-3,6-10,15-16H,4-5,11-13H2,1H3,(H,21,22)/t15-,16+. The molecule has 1 saturated heterocycles. The second-order valence-electron chi connectivity index (χ2n) is 6.40. The Bertz CT molecular complexity index is 602. The summed E-state index contributed by atoms with van der Waals surface area (Å²) in [4.78, 5) is 13.9. The van der Waals surface area contributed by atoms with Gasteiger partial charge in [-0.05, 0) is 48.4 Å². The summed E-state index contributed by atoms with van der Waals surface area (Å²) in [6.45, 7) is 2.51. The van der Waals surface area contributed by atoms with Gasteiger partial charge in [0, 0.05) is 19.6 Å². The lowest BCUT2D eigenvalue weighted by Gasteiger charge is -2.18. The molecule has 2 atom stereocenters. The smallest absolute Gasteiger partial charge is 0.332 e. The molecule has 0 spiro atoms. The molecule has 1 heterocycles. The van der Waals surface area contributed by atoms with E-state index in [9.17, 15) is 9.90 Å². The Morgan fingerprint density at radius 3 is 2.35 bits per heavy atom. The van der Waals surface area contributed by atoms with E-state index in [1.807, 2.05) is 24.3 Å². The third-order valence-corrected chi connectivity index (χ3v) is 4.82. The Kier molecular flexibility index (Phi) is 4.82. The molecule has 1 aliphatic carbocycles. The van der Waals surface area contributed by atoms with Gasteiger partial charge in [0.15, 0.2) is 0 Å². The topological polar surface area (TPSA) is 49.8 Å². The molecule has 0 amide bonds. The highest BCUT2D eigenvalue weighted by atomic mass is 16.5. The van der Waals surface area contributed by atoms with Gasteiger partial charge in [0.05, 0.1) is 12.7 Å². The van der Waals surface area contributed by atoms with Gasteiger partial charge in [0.1, 0.15) is 5.75 Å². The SMILES string of the molecule is COc1ccc(C=C(CN2C[C@H]3CC=CC[C@H]3C2)C(=O)O)cc1. The molecule has 1 N–H and O–H groups in total. The van der Waals surface area contributed by atoms with E-state index < -0.39 is 5.97 Å². The Balaban J connectivity index is 1.69. The highest BCUT2D eigenvalue weighted by molar-refractivity contribution is 5.92. The van der Waals surface area contributed by atoms with E-state index in [1.54, 1.807) is 13.2 Å². The van der Waals surface area contributed by atoms with Gasteiger partial charge in [-0.25, -0.2) is 4.79 Å². The number of rotatable bonds is 5. The van der Waals surface area contributed by atoms with E-state index >= 15 is 0 Å². The minimum Gasteiger partial charge on any atom is -0.497 e. The van der Waals surface area contributed by atoms with Crippen molar-refractivity contribution in [1.82, 2.24) is 4.90 Å². The average Bonchev–Trinajstić information content (AvgIpc) is 2.97. The number of nitrogens with zero attached hydrogens (tertiary/aromatic N) is 1. The van der Waals surface area contributed by atoms with E-state index in [2.05, 4.69) is 17.1 Å². The van der Waals surface area contributed by atoms with Gasteiger partial charge in [0.25, 0.3) is 0 Å². The Hall–Kier alpha value is -2.07. The quantitative estimate of drug-likeness (QED) is 0.670. The molecule has 0 radical (unpaired) electrons. The normalized spacial score (nSPS) is 24.5. The second-order valence-corrected chi connectivity index (χ2v) is 6.40. The number of hydrogen-bond donors (Lipinski definition) is 1. The molecule has 0 saturated carbocycles. The van der Waals surface area contributed by atoms with Gasteiger partial charge in [-0.1, -0.05) is 24.3 Å². The lowest BCUT2D eigenvalue weighted by molar-refractivity contribution is -0.132. The van der Waals surface area contributed by atoms with Gasteiger partial charge >= 0.3 is 5.97 Å². The maximum Gasteiger partial charge on any atom is 0.332 e. The van der Waals surface area contributed by atoms with Gasteiger partial charge in [-0.3, -0.25) is 4.90 Å². The molecule has 3 rings (SSSR count). The summed E-state index contributed by atoms with van der Waals surface area (Å²) in [7, 11) is 1.62. The number of carboxylic acids is 1. The van der Waals surface area contributed by atoms with Crippen LogP contribution in [0, 0.1) is 11.8 Å². The predicted octanol–water partition coefficient (Wildman–Crippen LogP) is 3.06. The fraction of sp³-hybridized carbons (Fsp3) is 0.421. The maximum absolute atomic E-state index is 11.6. The summed E-state index contributed by atoms with van der Waals surface area (Å²) in [5.74, 6) is 1.32. The highest BCUT2D eigenvalue weighted by Gasteiger charge is 2.33. The Labute approximate surface area is 137 Å². The fourth-order valence-corrected chi connectivity index (χ4v) is 3.56. The number of carbonyl (C=O) groups is 1. The van der Waals surface area contributed by atoms with Gasteiger partial charge < -0.3 is 9.84 Å². The lowest BCUT2D eigenvalue weighted by atomic mass is 9.86. The monoisotopic (exact) mass is 313 g/mol. The number of likely N-dealkylation sites (tertiary alicyclic amines) is 1. The van der Waals surface area contributed by atoms with E-state index in [0.29, 0.717) is 24.0 Å². The first-order valence-corrected chi connectivity index (χ1v) is 8.11. The molecular formula is C19H23NO3. The van der Waals surface area contributed by atoms with Crippen molar-refractivity contribution in [2.75, 3.05) is 26.7 Å². The summed E-state index contributed by atoms with van der Waals surface area (Å²) in [6.07, 6.45) is 8.55. The molecule has 0 bridgehead atoms. The Morgan fingerprint density at radius 1 is 1.22 bits per heavy atom. The number of carboxylic acid groups (broad SMARTS) is 1. The zero-order valence-corrected chi connectivity index (χ0v) is 13.4. The van der Waals surface area contributed by atoms with Crippen molar-refractivity contribution < 1.29 is 14.6 Å². The summed E-state index contributed by atoms with van der Waals surface area (Å²) in [5, 5.41) is 9.52. The van der Waals surface area contributed by atoms with Crippen LogP contribution in [0.25, 0.3) is 6.08 Å². The molecule has 23 heavy (non-hydrogen) atoms. The summed E-state index contributed by atoms with van der Waals surface area (Å²) >= 11 is 0. The van der Waals surface area contributed by atoms with Crippen LogP contribution in [0.5, 0.6) is 5.75 Å². The highest BCUT2D eigenvalue weighted by Crippen LogP contribution is 2.33. The van der Waals surface area contributed by atoms with Crippen molar-refractivity contribution in [3.8, 4) is 5.75 Å². The van der Waals surface area contributed by atoms with Crippen molar-refractivity contribution >= 4 is 12.0 Å². The molecule has 1 fully saturated rings. The number of benzene rings is 1. The first-order chi connectivity index (χ1) is 11.2. The van der Waals surface area contributed by atoms with Crippen LogP contribution < -0.4 is 4.74 Å². The van der Waals surface area contributed by atoms with Crippen LogP contribution in [0.3, 0.4) is 0 Å². The molecule has 4 nitrogen and oxygen atoms in total. The first kappa shape index (κ1) is 15.8. The molecule has 2 aliphatic rings. The minimum absolute atomic E-state index is 0.446. The van der Waals surface area contributed by atoms with Crippen molar-refractivity contribution in [3.63, 3.8) is 0 Å². The van der Waals surface area contributed by atoms with Crippen molar-refractivity contribution in [2.45, 2.75) is 12.8 Å². The zero-order valence-electron chi connectivity index (χ0n) is 13.4. The van der Waals surface area contributed by atoms with E-state index in [4.69, 9.17) is 4.74 Å². The second kappa shape index (κ2) is 7.01. The predicted molar refractivity (Wildman–Crippen MR) is 90.4 cm³/mol. The average molecular weight is 313 g/mol. The number of methoxy groups -OCH3 is 1. The number of fused-ring (bicyclic) bond motifs is 1. The van der Waals surface area contributed by atoms with Crippen LogP contribution in [-0.4, -0.2) is 42.7 Å². The summed E-state index contributed by atoms with van der Waals surface area (Å²) < 4.78 is 5.13. The minimum atomic E-state index is -0.839. The summed E-state index contributed by atoms with van der Waals surface area (Å²) in [5.41, 5.74) is 1.34. The molecule has 1 aromatic rings. The number of hydrogen-bond acceptors (Lipinski definition) is 3. The zero-order chi connectivity index (χ0) is 16.2.